The van der Waals surface area contributed by atoms with Crippen molar-refractivity contribution in [3.8, 4) is 0 Å². The maximum atomic E-state index is 12.3. The second-order valence-corrected chi connectivity index (χ2v) is 5.76. The number of carbonyl (C=O) groups is 1. The lowest BCUT2D eigenvalue weighted by Crippen LogP contribution is -2.22. The van der Waals surface area contributed by atoms with Crippen LogP contribution in [0.15, 0.2) is 59.0 Å². The number of carbonyl (C=O) groups excluding carboxylic acids is 1. The summed E-state index contributed by atoms with van der Waals surface area (Å²) in [6, 6.07) is 17.3. The molecule has 24 heavy (non-hydrogen) atoms. The minimum atomic E-state index is -0.234. The summed E-state index contributed by atoms with van der Waals surface area (Å²) < 4.78 is 5.59. The molecule has 0 saturated carbocycles. The second kappa shape index (κ2) is 7.32. The molecule has 0 atom stereocenters. The Labute approximate surface area is 142 Å². The first-order valence-corrected chi connectivity index (χ1v) is 8.30. The van der Waals surface area contributed by atoms with Gasteiger partial charge in [0.2, 0.25) is 0 Å². The van der Waals surface area contributed by atoms with Crippen molar-refractivity contribution in [3.05, 3.63) is 65.9 Å². The largest absolute Gasteiger partial charge is 0.451 e. The summed E-state index contributed by atoms with van der Waals surface area (Å²) in [5.41, 5.74) is 2.72. The van der Waals surface area contributed by atoms with Crippen molar-refractivity contribution in [1.29, 1.82) is 0 Å². The van der Waals surface area contributed by atoms with Crippen LogP contribution in [0.1, 0.15) is 30.0 Å². The van der Waals surface area contributed by atoms with E-state index in [1.54, 1.807) is 6.07 Å². The molecular weight excluding hydrogens is 300 g/mol. The molecule has 0 spiro atoms. The molecule has 2 aromatic carbocycles. The number of para-hydroxylation sites is 1. The van der Waals surface area contributed by atoms with E-state index in [9.17, 15) is 4.79 Å². The summed E-state index contributed by atoms with van der Waals surface area (Å²) in [6.45, 7) is 7.30. The predicted octanol–water partition coefficient (Wildman–Crippen LogP) is 4.53. The van der Waals surface area contributed by atoms with Gasteiger partial charge in [0.15, 0.2) is 5.76 Å². The Morgan fingerprint density at radius 1 is 1.04 bits per heavy atom. The van der Waals surface area contributed by atoms with Crippen molar-refractivity contribution in [3.63, 3.8) is 0 Å². The van der Waals surface area contributed by atoms with E-state index in [1.807, 2.05) is 48.5 Å². The monoisotopic (exact) mass is 322 g/mol. The van der Waals surface area contributed by atoms with Gasteiger partial charge in [0, 0.05) is 17.6 Å². The number of nitrogens with one attached hydrogen (secondary N) is 1. The third kappa shape index (κ3) is 3.66. The van der Waals surface area contributed by atoms with Crippen LogP contribution in [0, 0.1) is 0 Å². The highest BCUT2D eigenvalue weighted by molar-refractivity contribution is 6.04. The van der Waals surface area contributed by atoms with E-state index in [2.05, 4.69) is 24.1 Å². The first-order valence-electron chi connectivity index (χ1n) is 8.30. The maximum Gasteiger partial charge on any atom is 0.291 e. The van der Waals surface area contributed by atoms with Gasteiger partial charge in [-0.3, -0.25) is 9.69 Å². The molecule has 0 bridgehead atoms. The van der Waals surface area contributed by atoms with E-state index in [4.69, 9.17) is 4.42 Å². The quantitative estimate of drug-likeness (QED) is 0.725. The van der Waals surface area contributed by atoms with Crippen molar-refractivity contribution < 1.29 is 9.21 Å². The number of benzene rings is 2. The topological polar surface area (TPSA) is 45.5 Å². The molecule has 0 saturated heterocycles. The van der Waals surface area contributed by atoms with Gasteiger partial charge in [-0.25, -0.2) is 0 Å². The summed E-state index contributed by atoms with van der Waals surface area (Å²) >= 11 is 0. The molecular formula is C20H22N2O2. The van der Waals surface area contributed by atoms with Crippen molar-refractivity contribution in [2.45, 2.75) is 20.4 Å². The van der Waals surface area contributed by atoms with E-state index in [1.165, 1.54) is 5.56 Å². The standard InChI is InChI=1S/C20H22N2O2/c1-3-22(4-2)14-15-9-11-17(12-10-15)21-20(23)19-13-16-7-5-6-8-18(16)24-19/h5-13H,3-4,14H2,1-2H3,(H,21,23). The average Bonchev–Trinajstić information content (AvgIpc) is 3.05. The molecule has 1 N–H and O–H groups in total. The number of anilines is 1. The van der Waals surface area contributed by atoms with Gasteiger partial charge in [-0.2, -0.15) is 0 Å². The molecule has 1 aromatic heterocycles. The number of rotatable bonds is 6. The van der Waals surface area contributed by atoms with Crippen molar-refractivity contribution in [2.75, 3.05) is 18.4 Å². The predicted molar refractivity (Wildman–Crippen MR) is 97.2 cm³/mol. The van der Waals surface area contributed by atoms with Crippen LogP contribution in [-0.2, 0) is 6.54 Å². The van der Waals surface area contributed by atoms with Gasteiger partial charge >= 0.3 is 0 Å². The number of amides is 1. The van der Waals surface area contributed by atoms with Crippen LogP contribution in [0.5, 0.6) is 0 Å². The molecule has 1 amide bonds. The van der Waals surface area contributed by atoms with Crippen LogP contribution in [0.3, 0.4) is 0 Å². The van der Waals surface area contributed by atoms with Crippen LogP contribution < -0.4 is 5.32 Å². The highest BCUT2D eigenvalue weighted by Gasteiger charge is 2.12. The van der Waals surface area contributed by atoms with Gasteiger partial charge in [-0.05, 0) is 42.9 Å². The van der Waals surface area contributed by atoms with Crippen LogP contribution >= 0.6 is 0 Å². The van der Waals surface area contributed by atoms with E-state index in [0.717, 1.165) is 36.3 Å². The third-order valence-electron chi connectivity index (χ3n) is 4.16. The van der Waals surface area contributed by atoms with Gasteiger partial charge in [-0.1, -0.05) is 44.2 Å². The van der Waals surface area contributed by atoms with Crippen LogP contribution in [0.25, 0.3) is 11.0 Å². The zero-order valence-corrected chi connectivity index (χ0v) is 14.1. The number of fused-ring (bicyclic) bond motifs is 1. The minimum absolute atomic E-state index is 0.234. The fourth-order valence-electron chi connectivity index (χ4n) is 2.69. The van der Waals surface area contributed by atoms with Crippen molar-refractivity contribution in [2.24, 2.45) is 0 Å². The van der Waals surface area contributed by atoms with Gasteiger partial charge in [0.25, 0.3) is 5.91 Å². The Hall–Kier alpha value is -2.59. The Morgan fingerprint density at radius 2 is 1.75 bits per heavy atom. The average molecular weight is 322 g/mol. The summed E-state index contributed by atoms with van der Waals surface area (Å²) in [4.78, 5) is 14.7. The zero-order valence-electron chi connectivity index (χ0n) is 14.1. The lowest BCUT2D eigenvalue weighted by molar-refractivity contribution is 0.0998. The van der Waals surface area contributed by atoms with Gasteiger partial charge in [0.05, 0.1) is 0 Å². The summed E-state index contributed by atoms with van der Waals surface area (Å²) in [5.74, 6) is 0.0890. The Balaban J connectivity index is 1.68. The fourth-order valence-corrected chi connectivity index (χ4v) is 2.69. The highest BCUT2D eigenvalue weighted by atomic mass is 16.3. The van der Waals surface area contributed by atoms with Gasteiger partial charge < -0.3 is 9.73 Å². The smallest absolute Gasteiger partial charge is 0.291 e. The molecule has 1 heterocycles. The molecule has 0 aliphatic carbocycles. The van der Waals surface area contributed by atoms with Crippen molar-refractivity contribution >= 4 is 22.6 Å². The SMILES string of the molecule is CCN(CC)Cc1ccc(NC(=O)c2cc3ccccc3o2)cc1. The molecule has 0 radical (unpaired) electrons. The first kappa shape index (κ1) is 16.3. The molecule has 0 aliphatic heterocycles. The molecule has 3 aromatic rings. The number of furan rings is 1. The normalized spacial score (nSPS) is 11.1. The zero-order chi connectivity index (χ0) is 16.9. The van der Waals surface area contributed by atoms with E-state index < -0.39 is 0 Å². The van der Waals surface area contributed by atoms with E-state index in [0.29, 0.717) is 5.76 Å². The lowest BCUT2D eigenvalue weighted by Gasteiger charge is -2.18. The van der Waals surface area contributed by atoms with E-state index in [-0.39, 0.29) is 5.91 Å². The third-order valence-corrected chi connectivity index (χ3v) is 4.16. The summed E-state index contributed by atoms with van der Waals surface area (Å²) in [6.07, 6.45) is 0. The lowest BCUT2D eigenvalue weighted by atomic mass is 10.2. The Bertz CT molecular complexity index is 784. The van der Waals surface area contributed by atoms with Gasteiger partial charge in [-0.15, -0.1) is 0 Å². The van der Waals surface area contributed by atoms with Crippen LogP contribution in [0.2, 0.25) is 0 Å². The number of hydrogen-bond acceptors (Lipinski definition) is 3. The molecule has 124 valence electrons. The molecule has 4 heteroatoms. The molecule has 0 unspecified atom stereocenters. The number of nitrogens with zero attached hydrogens (tertiary/aromatic N) is 1. The fraction of sp³-hybridized carbons (Fsp3) is 0.250. The van der Waals surface area contributed by atoms with Crippen LogP contribution in [-0.4, -0.2) is 23.9 Å². The molecule has 3 rings (SSSR count). The van der Waals surface area contributed by atoms with Crippen molar-refractivity contribution in [1.82, 2.24) is 4.90 Å². The summed E-state index contributed by atoms with van der Waals surface area (Å²) in [7, 11) is 0. The first-order chi connectivity index (χ1) is 11.7. The number of hydrogen-bond donors (Lipinski definition) is 1. The minimum Gasteiger partial charge on any atom is -0.451 e. The highest BCUT2D eigenvalue weighted by Crippen LogP contribution is 2.20. The van der Waals surface area contributed by atoms with Crippen LogP contribution in [0.4, 0.5) is 5.69 Å². The maximum absolute atomic E-state index is 12.3. The Morgan fingerprint density at radius 3 is 2.42 bits per heavy atom. The molecule has 4 nitrogen and oxygen atoms in total. The van der Waals surface area contributed by atoms with E-state index >= 15 is 0 Å². The second-order valence-electron chi connectivity index (χ2n) is 5.76. The van der Waals surface area contributed by atoms with Gasteiger partial charge in [0.1, 0.15) is 5.58 Å². The molecule has 0 fully saturated rings. The summed E-state index contributed by atoms with van der Waals surface area (Å²) in [5, 5.41) is 3.81. The molecule has 0 aliphatic rings. The Kier molecular flexibility index (Phi) is 4.96.